The van der Waals surface area contributed by atoms with Crippen molar-refractivity contribution in [3.63, 3.8) is 0 Å². The molecule has 0 heterocycles. The van der Waals surface area contributed by atoms with E-state index in [1.54, 1.807) is 0 Å². The van der Waals surface area contributed by atoms with E-state index in [9.17, 15) is 4.79 Å². The first kappa shape index (κ1) is 12.7. The molecule has 0 bridgehead atoms. The Balaban J connectivity index is 3.57. The molecule has 3 nitrogen and oxygen atoms in total. The van der Waals surface area contributed by atoms with Crippen molar-refractivity contribution in [1.29, 1.82) is 0 Å². The van der Waals surface area contributed by atoms with Gasteiger partial charge in [-0.05, 0) is 20.5 Å². The number of carbonyl (C=O) groups excluding carboxylic acids is 1. The van der Waals surface area contributed by atoms with Crippen LogP contribution in [0.25, 0.3) is 0 Å². The average molecular weight is 207 g/mol. The Hall–Kier alpha value is -0.280. The lowest BCUT2D eigenvalue weighted by molar-refractivity contribution is -0.120. The van der Waals surface area contributed by atoms with Crippen LogP contribution in [0.5, 0.6) is 0 Å². The molecule has 0 spiro atoms. The van der Waals surface area contributed by atoms with Gasteiger partial charge in [-0.15, -0.1) is 11.6 Å². The summed E-state index contributed by atoms with van der Waals surface area (Å²) >= 11 is 5.43. The molecule has 78 valence electrons. The van der Waals surface area contributed by atoms with Crippen LogP contribution in [0.2, 0.25) is 0 Å². The zero-order chi connectivity index (χ0) is 10.3. The molecule has 13 heavy (non-hydrogen) atoms. The molecule has 0 fully saturated rings. The Morgan fingerprint density at radius 3 is 2.69 bits per heavy atom. The Kier molecular flexibility index (Phi) is 7.00. The first-order valence-corrected chi connectivity index (χ1v) is 5.18. The molecule has 1 unspecified atom stereocenters. The van der Waals surface area contributed by atoms with Crippen molar-refractivity contribution in [2.24, 2.45) is 0 Å². The number of amides is 1. The summed E-state index contributed by atoms with van der Waals surface area (Å²) in [5.74, 6) is 0.426. The predicted molar refractivity (Wildman–Crippen MR) is 56.1 cm³/mol. The maximum absolute atomic E-state index is 11.0. The van der Waals surface area contributed by atoms with Gasteiger partial charge in [0, 0.05) is 24.9 Å². The monoisotopic (exact) mass is 206 g/mol. The van der Waals surface area contributed by atoms with Gasteiger partial charge in [0.25, 0.3) is 0 Å². The van der Waals surface area contributed by atoms with Gasteiger partial charge in [-0.1, -0.05) is 6.92 Å². The van der Waals surface area contributed by atoms with E-state index in [4.69, 9.17) is 11.6 Å². The maximum Gasteiger partial charge on any atom is 0.221 e. The van der Waals surface area contributed by atoms with Crippen LogP contribution >= 0.6 is 11.6 Å². The molecule has 1 atom stereocenters. The third kappa shape index (κ3) is 5.88. The van der Waals surface area contributed by atoms with Crippen LogP contribution < -0.4 is 5.32 Å². The molecule has 0 saturated carbocycles. The largest absolute Gasteiger partial charge is 0.355 e. The van der Waals surface area contributed by atoms with E-state index in [1.165, 1.54) is 0 Å². The van der Waals surface area contributed by atoms with Crippen molar-refractivity contribution < 1.29 is 4.79 Å². The minimum absolute atomic E-state index is 0.0337. The molecule has 0 aliphatic heterocycles. The highest BCUT2D eigenvalue weighted by Gasteiger charge is 2.07. The van der Waals surface area contributed by atoms with Crippen LogP contribution in [-0.4, -0.2) is 42.9 Å². The molecular formula is C9H19ClN2O. The van der Waals surface area contributed by atoms with E-state index in [0.717, 1.165) is 6.54 Å². The number of nitrogens with one attached hydrogen (secondary N) is 1. The summed E-state index contributed by atoms with van der Waals surface area (Å²) in [6.45, 7) is 5.87. The lowest BCUT2D eigenvalue weighted by atomic mass is 10.3. The second kappa shape index (κ2) is 7.15. The average Bonchev–Trinajstić information content (AvgIpc) is 2.13. The molecular weight excluding hydrogens is 188 g/mol. The summed E-state index contributed by atoms with van der Waals surface area (Å²) in [6.07, 6.45) is 0.407. The molecule has 0 aliphatic carbocycles. The van der Waals surface area contributed by atoms with Gasteiger partial charge < -0.3 is 10.2 Å². The van der Waals surface area contributed by atoms with E-state index >= 15 is 0 Å². The Morgan fingerprint density at radius 2 is 2.23 bits per heavy atom. The number of nitrogens with zero attached hydrogens (tertiary/aromatic N) is 1. The molecule has 0 saturated heterocycles. The van der Waals surface area contributed by atoms with Crippen molar-refractivity contribution >= 4 is 17.5 Å². The second-order valence-corrected chi connectivity index (χ2v) is 3.54. The molecule has 0 rings (SSSR count). The van der Waals surface area contributed by atoms with Crippen LogP contribution in [0.1, 0.15) is 20.3 Å². The minimum atomic E-state index is 0.0337. The van der Waals surface area contributed by atoms with Crippen LogP contribution in [0, 0.1) is 0 Å². The first-order chi connectivity index (χ1) is 6.11. The van der Waals surface area contributed by atoms with E-state index in [2.05, 4.69) is 24.1 Å². The molecule has 0 aromatic carbocycles. The SMILES string of the molecule is CCN(C)C(C)CNC(=O)CCCl. The number of likely N-dealkylation sites (N-methyl/N-ethyl adjacent to an activating group) is 1. The van der Waals surface area contributed by atoms with Gasteiger partial charge >= 0.3 is 0 Å². The number of carbonyl (C=O) groups is 1. The fraction of sp³-hybridized carbons (Fsp3) is 0.889. The number of rotatable bonds is 6. The Morgan fingerprint density at radius 1 is 1.62 bits per heavy atom. The first-order valence-electron chi connectivity index (χ1n) is 4.64. The smallest absolute Gasteiger partial charge is 0.221 e. The van der Waals surface area contributed by atoms with Crippen molar-refractivity contribution in [3.8, 4) is 0 Å². The van der Waals surface area contributed by atoms with Crippen LogP contribution in [0.3, 0.4) is 0 Å². The highest BCUT2D eigenvalue weighted by atomic mass is 35.5. The number of halogens is 1. The van der Waals surface area contributed by atoms with Crippen molar-refractivity contribution in [3.05, 3.63) is 0 Å². The third-order valence-corrected chi connectivity index (χ3v) is 2.36. The zero-order valence-electron chi connectivity index (χ0n) is 8.64. The fourth-order valence-corrected chi connectivity index (χ4v) is 1.07. The van der Waals surface area contributed by atoms with Gasteiger partial charge in [-0.25, -0.2) is 0 Å². The van der Waals surface area contributed by atoms with Crippen LogP contribution in [0.15, 0.2) is 0 Å². The zero-order valence-corrected chi connectivity index (χ0v) is 9.40. The van der Waals surface area contributed by atoms with Gasteiger partial charge in [0.05, 0.1) is 0 Å². The maximum atomic E-state index is 11.0. The predicted octanol–water partition coefficient (Wildman–Crippen LogP) is 1.07. The second-order valence-electron chi connectivity index (χ2n) is 3.17. The lowest BCUT2D eigenvalue weighted by Crippen LogP contribution is -2.40. The van der Waals surface area contributed by atoms with Crippen LogP contribution in [-0.2, 0) is 4.79 Å². The standard InChI is InChI=1S/C9H19ClN2O/c1-4-12(3)8(2)7-11-9(13)5-6-10/h8H,4-7H2,1-3H3,(H,11,13). The van der Waals surface area contributed by atoms with Crippen molar-refractivity contribution in [2.75, 3.05) is 26.0 Å². The van der Waals surface area contributed by atoms with Gasteiger partial charge in [-0.3, -0.25) is 4.79 Å². The van der Waals surface area contributed by atoms with E-state index in [1.807, 2.05) is 7.05 Å². The molecule has 1 N–H and O–H groups in total. The Bertz CT molecular complexity index is 153. The highest BCUT2D eigenvalue weighted by molar-refractivity contribution is 6.18. The van der Waals surface area contributed by atoms with Crippen molar-refractivity contribution in [2.45, 2.75) is 26.3 Å². The van der Waals surface area contributed by atoms with E-state index in [0.29, 0.717) is 24.9 Å². The number of alkyl halides is 1. The summed E-state index contributed by atoms with van der Waals surface area (Å²) in [5.41, 5.74) is 0. The molecule has 0 radical (unpaired) electrons. The Labute approximate surface area is 85.4 Å². The minimum Gasteiger partial charge on any atom is -0.355 e. The molecule has 1 amide bonds. The summed E-state index contributed by atoms with van der Waals surface area (Å²) < 4.78 is 0. The normalized spacial score (nSPS) is 13.0. The quantitative estimate of drug-likeness (QED) is 0.660. The van der Waals surface area contributed by atoms with E-state index < -0.39 is 0 Å². The lowest BCUT2D eigenvalue weighted by Gasteiger charge is -2.23. The van der Waals surface area contributed by atoms with Crippen molar-refractivity contribution in [1.82, 2.24) is 10.2 Å². The highest BCUT2D eigenvalue weighted by Crippen LogP contribution is 1.93. The summed E-state index contributed by atoms with van der Waals surface area (Å²) in [6, 6.07) is 0.379. The molecule has 0 aromatic heterocycles. The van der Waals surface area contributed by atoms with Gasteiger partial charge in [-0.2, -0.15) is 0 Å². The molecule has 4 heteroatoms. The summed E-state index contributed by atoms with van der Waals surface area (Å²) in [5, 5.41) is 2.83. The van der Waals surface area contributed by atoms with Crippen LogP contribution in [0.4, 0.5) is 0 Å². The van der Waals surface area contributed by atoms with Gasteiger partial charge in [0.2, 0.25) is 5.91 Å². The molecule has 0 aliphatic rings. The van der Waals surface area contributed by atoms with E-state index in [-0.39, 0.29) is 5.91 Å². The summed E-state index contributed by atoms with van der Waals surface area (Å²) in [7, 11) is 2.04. The number of hydrogen-bond donors (Lipinski definition) is 1. The fourth-order valence-electron chi connectivity index (χ4n) is 0.903. The summed E-state index contributed by atoms with van der Waals surface area (Å²) in [4.78, 5) is 13.2. The topological polar surface area (TPSA) is 32.3 Å². The molecule has 0 aromatic rings. The number of hydrogen-bond acceptors (Lipinski definition) is 2. The third-order valence-electron chi connectivity index (χ3n) is 2.17. The van der Waals surface area contributed by atoms with Gasteiger partial charge in [0.15, 0.2) is 0 Å². The van der Waals surface area contributed by atoms with Gasteiger partial charge in [0.1, 0.15) is 0 Å².